The van der Waals surface area contributed by atoms with Crippen LogP contribution in [0.5, 0.6) is 0 Å². The Morgan fingerprint density at radius 1 is 1.20 bits per heavy atom. The van der Waals surface area contributed by atoms with Gasteiger partial charge in [0.1, 0.15) is 0 Å². The summed E-state index contributed by atoms with van der Waals surface area (Å²) in [4.78, 5) is 18.6. The Bertz CT molecular complexity index is 764. The van der Waals surface area contributed by atoms with Gasteiger partial charge in [-0.15, -0.1) is 24.0 Å². The number of nitrogens with zero attached hydrogens (tertiary/aromatic N) is 2. The van der Waals surface area contributed by atoms with Crippen molar-refractivity contribution in [1.29, 1.82) is 0 Å². The van der Waals surface area contributed by atoms with Crippen LogP contribution in [0.25, 0.3) is 0 Å². The van der Waals surface area contributed by atoms with Crippen LogP contribution in [0.2, 0.25) is 0 Å². The number of esters is 1. The highest BCUT2D eigenvalue weighted by Crippen LogP contribution is 2.18. The van der Waals surface area contributed by atoms with Crippen LogP contribution in [0.15, 0.2) is 35.3 Å². The molecule has 0 unspecified atom stereocenters. The molecule has 0 atom stereocenters. The van der Waals surface area contributed by atoms with Gasteiger partial charge in [-0.05, 0) is 38.7 Å². The summed E-state index contributed by atoms with van der Waals surface area (Å²) in [5.41, 5.74) is 0.814. The quantitative estimate of drug-likeness (QED) is 0.167. The number of carbonyl (C=O) groups is 1. The van der Waals surface area contributed by atoms with E-state index in [1.54, 1.807) is 0 Å². The van der Waals surface area contributed by atoms with Gasteiger partial charge in [0.05, 0.1) is 24.0 Å². The second-order valence-electron chi connectivity index (χ2n) is 7.18. The van der Waals surface area contributed by atoms with E-state index in [1.165, 1.54) is 0 Å². The fourth-order valence-electron chi connectivity index (χ4n) is 3.38. The Balaban J connectivity index is 0.00000450. The van der Waals surface area contributed by atoms with E-state index in [4.69, 9.17) is 4.74 Å². The number of carbonyl (C=O) groups excluding carboxylic acids is 1. The second-order valence-corrected chi connectivity index (χ2v) is 9.36. The van der Waals surface area contributed by atoms with Gasteiger partial charge >= 0.3 is 5.97 Å². The Morgan fingerprint density at radius 2 is 1.87 bits per heavy atom. The zero-order valence-corrected chi connectivity index (χ0v) is 21.0. The van der Waals surface area contributed by atoms with Gasteiger partial charge in [-0.2, -0.15) is 0 Å². The predicted octanol–water partition coefficient (Wildman–Crippen LogP) is 2.85. The van der Waals surface area contributed by atoms with Crippen molar-refractivity contribution >= 4 is 45.7 Å². The van der Waals surface area contributed by atoms with Crippen molar-refractivity contribution in [3.05, 3.63) is 35.9 Å². The summed E-state index contributed by atoms with van der Waals surface area (Å²) in [7, 11) is -3.15. The number of guanidine groups is 1. The molecule has 9 heteroatoms. The molecule has 0 saturated carbocycles. The standard InChI is InChI=1S/C21H33N3O4S.HI/c1-3-22-21(24-14-11-19(12-15-24)20(25)28-4-2)23-13-8-16-29(26,27)17-18-9-6-5-7-10-18;/h5-7,9-10,19H,3-4,8,11-17H2,1-2H3,(H,22,23);1H. The molecule has 1 heterocycles. The molecule has 30 heavy (non-hydrogen) atoms. The second kappa shape index (κ2) is 13.8. The predicted molar refractivity (Wildman–Crippen MR) is 131 cm³/mol. The normalized spacial score (nSPS) is 15.4. The summed E-state index contributed by atoms with van der Waals surface area (Å²) in [6.07, 6.45) is 1.98. The first-order chi connectivity index (χ1) is 13.9. The van der Waals surface area contributed by atoms with E-state index < -0.39 is 9.84 Å². The van der Waals surface area contributed by atoms with E-state index in [0.29, 0.717) is 19.6 Å². The molecule has 1 aliphatic heterocycles. The Labute approximate surface area is 197 Å². The number of hydrogen-bond acceptors (Lipinski definition) is 5. The third-order valence-electron chi connectivity index (χ3n) is 4.85. The molecule has 0 amide bonds. The number of aliphatic imine (C=N–C) groups is 1. The van der Waals surface area contributed by atoms with Gasteiger partial charge in [-0.3, -0.25) is 9.79 Å². The van der Waals surface area contributed by atoms with Gasteiger partial charge in [-0.25, -0.2) is 8.42 Å². The number of halogens is 1. The Kier molecular flexibility index (Phi) is 12.3. The van der Waals surface area contributed by atoms with Gasteiger partial charge in [0.25, 0.3) is 0 Å². The van der Waals surface area contributed by atoms with Gasteiger partial charge in [0, 0.05) is 26.2 Å². The SMILES string of the molecule is CCNC(=NCCCS(=O)(=O)Cc1ccccc1)N1CCC(C(=O)OCC)CC1.I. The highest BCUT2D eigenvalue weighted by atomic mass is 127. The number of rotatable bonds is 9. The lowest BCUT2D eigenvalue weighted by molar-refractivity contribution is -0.149. The minimum absolute atomic E-state index is 0. The van der Waals surface area contributed by atoms with Crippen molar-refractivity contribution in [2.45, 2.75) is 38.9 Å². The van der Waals surface area contributed by atoms with Crippen LogP contribution in [0.4, 0.5) is 0 Å². The molecule has 170 valence electrons. The highest BCUT2D eigenvalue weighted by molar-refractivity contribution is 14.0. The lowest BCUT2D eigenvalue weighted by Gasteiger charge is -2.33. The van der Waals surface area contributed by atoms with Gasteiger partial charge in [0.15, 0.2) is 15.8 Å². The highest BCUT2D eigenvalue weighted by Gasteiger charge is 2.27. The third kappa shape index (κ3) is 9.20. The molecule has 2 rings (SSSR count). The molecule has 1 aromatic rings. The number of sulfone groups is 1. The van der Waals surface area contributed by atoms with Crippen LogP contribution in [0.3, 0.4) is 0 Å². The van der Waals surface area contributed by atoms with Gasteiger partial charge in [0.2, 0.25) is 0 Å². The van der Waals surface area contributed by atoms with Crippen LogP contribution in [-0.4, -0.2) is 63.8 Å². The number of likely N-dealkylation sites (tertiary alicyclic amines) is 1. The first-order valence-electron chi connectivity index (χ1n) is 10.4. The molecule has 0 bridgehead atoms. The number of hydrogen-bond donors (Lipinski definition) is 1. The van der Waals surface area contributed by atoms with Crippen LogP contribution < -0.4 is 5.32 Å². The molecule has 0 radical (unpaired) electrons. The minimum atomic E-state index is -3.15. The monoisotopic (exact) mass is 551 g/mol. The summed E-state index contributed by atoms with van der Waals surface area (Å²) in [5.74, 6) is 0.819. The molecule has 0 spiro atoms. The van der Waals surface area contributed by atoms with Crippen molar-refractivity contribution in [1.82, 2.24) is 10.2 Å². The number of piperidine rings is 1. The molecule has 1 aliphatic rings. The smallest absolute Gasteiger partial charge is 0.309 e. The topological polar surface area (TPSA) is 88.1 Å². The third-order valence-corrected chi connectivity index (χ3v) is 6.54. The molecule has 1 fully saturated rings. The Morgan fingerprint density at radius 3 is 2.47 bits per heavy atom. The molecular formula is C21H34IN3O4S. The molecule has 0 aromatic heterocycles. The maximum Gasteiger partial charge on any atom is 0.309 e. The molecule has 1 saturated heterocycles. The molecular weight excluding hydrogens is 517 g/mol. The van der Waals surface area contributed by atoms with Crippen LogP contribution >= 0.6 is 24.0 Å². The molecule has 7 nitrogen and oxygen atoms in total. The van der Waals surface area contributed by atoms with Crippen LogP contribution in [0.1, 0.15) is 38.7 Å². The van der Waals surface area contributed by atoms with Crippen LogP contribution in [-0.2, 0) is 25.1 Å². The average molecular weight is 551 g/mol. The van der Waals surface area contributed by atoms with Crippen molar-refractivity contribution in [3.8, 4) is 0 Å². The van der Waals surface area contributed by atoms with Crippen LogP contribution in [0, 0.1) is 5.92 Å². The molecule has 1 N–H and O–H groups in total. The fourth-order valence-corrected chi connectivity index (χ4v) is 4.80. The summed E-state index contributed by atoms with van der Waals surface area (Å²) in [5, 5.41) is 3.27. The summed E-state index contributed by atoms with van der Waals surface area (Å²) >= 11 is 0. The van der Waals surface area contributed by atoms with E-state index in [-0.39, 0.29) is 47.4 Å². The number of nitrogens with one attached hydrogen (secondary N) is 1. The van der Waals surface area contributed by atoms with Crippen molar-refractivity contribution < 1.29 is 17.9 Å². The number of ether oxygens (including phenoxy) is 1. The van der Waals surface area contributed by atoms with E-state index in [9.17, 15) is 13.2 Å². The average Bonchev–Trinajstić information content (AvgIpc) is 2.71. The lowest BCUT2D eigenvalue weighted by atomic mass is 9.97. The summed E-state index contributed by atoms with van der Waals surface area (Å²) in [6.45, 7) is 6.91. The summed E-state index contributed by atoms with van der Waals surface area (Å²) in [6, 6.07) is 9.24. The Hall–Kier alpha value is -1.36. The van der Waals surface area contributed by atoms with Crippen molar-refractivity contribution in [3.63, 3.8) is 0 Å². The molecule has 0 aliphatic carbocycles. The van der Waals surface area contributed by atoms with Gasteiger partial charge < -0.3 is 15.0 Å². The fraction of sp³-hybridized carbons (Fsp3) is 0.619. The zero-order valence-electron chi connectivity index (χ0n) is 17.9. The zero-order chi connectivity index (χ0) is 21.1. The first-order valence-corrected chi connectivity index (χ1v) is 12.2. The largest absolute Gasteiger partial charge is 0.466 e. The van der Waals surface area contributed by atoms with Gasteiger partial charge in [-0.1, -0.05) is 30.3 Å². The van der Waals surface area contributed by atoms with E-state index in [1.807, 2.05) is 44.2 Å². The lowest BCUT2D eigenvalue weighted by Crippen LogP contribution is -2.46. The van der Waals surface area contributed by atoms with E-state index in [0.717, 1.165) is 44.0 Å². The molecule has 1 aromatic carbocycles. The summed E-state index contributed by atoms with van der Waals surface area (Å²) < 4.78 is 29.7. The number of benzene rings is 1. The van der Waals surface area contributed by atoms with E-state index in [2.05, 4.69) is 15.2 Å². The maximum atomic E-state index is 12.3. The van der Waals surface area contributed by atoms with Crippen molar-refractivity contribution in [2.75, 3.05) is 38.5 Å². The van der Waals surface area contributed by atoms with Crippen molar-refractivity contribution in [2.24, 2.45) is 10.9 Å². The van der Waals surface area contributed by atoms with E-state index >= 15 is 0 Å². The minimum Gasteiger partial charge on any atom is -0.466 e. The maximum absolute atomic E-state index is 12.3. The first kappa shape index (κ1) is 26.7.